The first kappa shape index (κ1) is 14.9. The molecule has 4 rings (SSSR count). The first-order chi connectivity index (χ1) is 11.8. The van der Waals surface area contributed by atoms with Crippen molar-refractivity contribution >= 4 is 11.4 Å². The van der Waals surface area contributed by atoms with Gasteiger partial charge < -0.3 is 4.90 Å². The van der Waals surface area contributed by atoms with E-state index in [2.05, 4.69) is 29.4 Å². The molecule has 3 aromatic rings. The van der Waals surface area contributed by atoms with Gasteiger partial charge in [0, 0.05) is 12.6 Å². The van der Waals surface area contributed by atoms with Crippen LogP contribution in [-0.4, -0.2) is 33.0 Å². The van der Waals surface area contributed by atoms with E-state index < -0.39 is 0 Å². The topological polar surface area (TPSA) is 37.6 Å². The molecule has 0 saturated carbocycles. The van der Waals surface area contributed by atoms with Crippen molar-refractivity contribution in [2.75, 3.05) is 6.54 Å². The zero-order valence-electron chi connectivity index (χ0n) is 13.6. The van der Waals surface area contributed by atoms with E-state index >= 15 is 0 Å². The van der Waals surface area contributed by atoms with Gasteiger partial charge in [-0.3, -0.25) is 4.79 Å². The first-order valence-corrected chi connectivity index (χ1v) is 8.60. The van der Waals surface area contributed by atoms with Crippen LogP contribution in [0.3, 0.4) is 0 Å². The molecule has 4 nitrogen and oxygen atoms in total. The Morgan fingerprint density at radius 1 is 1.08 bits per heavy atom. The van der Waals surface area contributed by atoms with Crippen molar-refractivity contribution in [2.45, 2.75) is 31.7 Å². The van der Waals surface area contributed by atoms with E-state index in [1.165, 1.54) is 5.56 Å². The van der Waals surface area contributed by atoms with Gasteiger partial charge in [-0.1, -0.05) is 36.4 Å². The fourth-order valence-electron chi connectivity index (χ4n) is 3.64. The standard InChI is InChI=1S/C20H21N3O/c24-20(19-10-4-8-18-13-14-21-23(18)19)22-15-5-9-17(22)12-11-16-6-2-1-3-7-16/h1-4,6-8,10,13-14,17H,5,9,11-12,15H2. The van der Waals surface area contributed by atoms with Gasteiger partial charge in [-0.15, -0.1) is 0 Å². The molecule has 1 aliphatic rings. The van der Waals surface area contributed by atoms with E-state index in [9.17, 15) is 4.79 Å². The van der Waals surface area contributed by atoms with Gasteiger partial charge >= 0.3 is 0 Å². The smallest absolute Gasteiger partial charge is 0.272 e. The predicted octanol–water partition coefficient (Wildman–Crippen LogP) is 3.57. The Bertz CT molecular complexity index is 840. The largest absolute Gasteiger partial charge is 0.334 e. The van der Waals surface area contributed by atoms with Crippen molar-refractivity contribution in [1.29, 1.82) is 0 Å². The number of likely N-dealkylation sites (tertiary alicyclic amines) is 1. The molecule has 0 aliphatic carbocycles. The van der Waals surface area contributed by atoms with E-state index in [4.69, 9.17) is 0 Å². The molecule has 1 aliphatic heterocycles. The summed E-state index contributed by atoms with van der Waals surface area (Å²) in [4.78, 5) is 15.1. The Morgan fingerprint density at radius 2 is 1.96 bits per heavy atom. The fraction of sp³-hybridized carbons (Fsp3) is 0.300. The van der Waals surface area contributed by atoms with Crippen molar-refractivity contribution in [1.82, 2.24) is 14.5 Å². The molecule has 2 aromatic heterocycles. The third-order valence-corrected chi connectivity index (χ3v) is 4.89. The average Bonchev–Trinajstić information content (AvgIpc) is 3.29. The van der Waals surface area contributed by atoms with Crippen molar-refractivity contribution in [3.8, 4) is 0 Å². The lowest BCUT2D eigenvalue weighted by Crippen LogP contribution is -2.36. The molecule has 1 amide bonds. The number of benzene rings is 1. The monoisotopic (exact) mass is 319 g/mol. The van der Waals surface area contributed by atoms with Crippen LogP contribution in [0.15, 0.2) is 60.8 Å². The van der Waals surface area contributed by atoms with E-state index in [1.54, 1.807) is 10.7 Å². The van der Waals surface area contributed by atoms with Crippen molar-refractivity contribution < 1.29 is 4.79 Å². The highest BCUT2D eigenvalue weighted by atomic mass is 16.2. The van der Waals surface area contributed by atoms with Crippen molar-refractivity contribution in [3.05, 3.63) is 72.1 Å². The lowest BCUT2D eigenvalue weighted by Gasteiger charge is -2.25. The van der Waals surface area contributed by atoms with Gasteiger partial charge in [-0.2, -0.15) is 5.10 Å². The summed E-state index contributed by atoms with van der Waals surface area (Å²) in [5.41, 5.74) is 2.95. The summed E-state index contributed by atoms with van der Waals surface area (Å²) in [5, 5.41) is 4.30. The number of rotatable bonds is 4. The molecule has 0 bridgehead atoms. The normalized spacial score (nSPS) is 17.5. The number of carbonyl (C=O) groups excluding carboxylic acids is 1. The summed E-state index contributed by atoms with van der Waals surface area (Å²) >= 11 is 0. The van der Waals surface area contributed by atoms with E-state index in [1.807, 2.05) is 35.2 Å². The minimum Gasteiger partial charge on any atom is -0.334 e. The van der Waals surface area contributed by atoms with Crippen LogP contribution in [0.25, 0.3) is 5.52 Å². The maximum Gasteiger partial charge on any atom is 0.272 e. The van der Waals surface area contributed by atoms with Crippen molar-refractivity contribution in [2.24, 2.45) is 0 Å². The molecular weight excluding hydrogens is 298 g/mol. The van der Waals surface area contributed by atoms with E-state index in [-0.39, 0.29) is 5.91 Å². The van der Waals surface area contributed by atoms with Crippen LogP contribution in [0.4, 0.5) is 0 Å². The summed E-state index contributed by atoms with van der Waals surface area (Å²) in [7, 11) is 0. The van der Waals surface area contributed by atoms with Crippen molar-refractivity contribution in [3.63, 3.8) is 0 Å². The maximum atomic E-state index is 13.0. The van der Waals surface area contributed by atoms with E-state index in [0.717, 1.165) is 37.7 Å². The lowest BCUT2D eigenvalue weighted by molar-refractivity contribution is 0.0722. The molecule has 3 heterocycles. The minimum atomic E-state index is 0.0971. The third-order valence-electron chi connectivity index (χ3n) is 4.89. The molecule has 122 valence electrons. The van der Waals surface area contributed by atoms with Crippen LogP contribution in [0.1, 0.15) is 35.3 Å². The van der Waals surface area contributed by atoms with Crippen LogP contribution in [0, 0.1) is 0 Å². The molecule has 1 atom stereocenters. The number of carbonyl (C=O) groups is 1. The minimum absolute atomic E-state index is 0.0971. The molecule has 0 radical (unpaired) electrons. The summed E-state index contributed by atoms with van der Waals surface area (Å²) in [6.07, 6.45) is 5.95. The molecule has 24 heavy (non-hydrogen) atoms. The van der Waals surface area contributed by atoms with Crippen LogP contribution in [-0.2, 0) is 6.42 Å². The highest BCUT2D eigenvalue weighted by Gasteiger charge is 2.30. The first-order valence-electron chi connectivity index (χ1n) is 8.60. The van der Waals surface area contributed by atoms with Gasteiger partial charge in [0.25, 0.3) is 5.91 Å². The van der Waals surface area contributed by atoms with E-state index in [0.29, 0.717) is 11.7 Å². The lowest BCUT2D eigenvalue weighted by atomic mass is 10.0. The summed E-state index contributed by atoms with van der Waals surface area (Å²) in [6, 6.07) is 18.5. The second kappa shape index (κ2) is 6.48. The van der Waals surface area contributed by atoms with Gasteiger partial charge in [-0.05, 0) is 49.4 Å². The Labute approximate surface area is 141 Å². The number of fused-ring (bicyclic) bond motifs is 1. The number of hydrogen-bond donors (Lipinski definition) is 0. The van der Waals surface area contributed by atoms with Crippen LogP contribution in [0.2, 0.25) is 0 Å². The Kier molecular flexibility index (Phi) is 4.03. The molecule has 1 aromatic carbocycles. The van der Waals surface area contributed by atoms with Gasteiger partial charge in [0.2, 0.25) is 0 Å². The zero-order chi connectivity index (χ0) is 16.4. The predicted molar refractivity (Wildman–Crippen MR) is 94.0 cm³/mol. The highest BCUT2D eigenvalue weighted by molar-refractivity contribution is 5.93. The molecule has 1 unspecified atom stereocenters. The average molecular weight is 319 g/mol. The molecular formula is C20H21N3O. The Morgan fingerprint density at radius 3 is 2.83 bits per heavy atom. The maximum absolute atomic E-state index is 13.0. The summed E-state index contributed by atoms with van der Waals surface area (Å²) in [6.45, 7) is 0.843. The fourth-order valence-corrected chi connectivity index (χ4v) is 3.64. The number of amides is 1. The number of aromatic nitrogens is 2. The summed E-state index contributed by atoms with van der Waals surface area (Å²) in [5.74, 6) is 0.0971. The number of hydrogen-bond acceptors (Lipinski definition) is 2. The Hall–Kier alpha value is -2.62. The molecule has 1 fully saturated rings. The van der Waals surface area contributed by atoms with Gasteiger partial charge in [0.15, 0.2) is 0 Å². The van der Waals surface area contributed by atoms with Gasteiger partial charge in [0.05, 0.1) is 11.7 Å². The Balaban J connectivity index is 1.52. The SMILES string of the molecule is O=C(c1cccc2ccnn12)N1CCCC1CCc1ccccc1. The second-order valence-electron chi connectivity index (χ2n) is 6.40. The van der Waals surface area contributed by atoms with Crippen LogP contribution >= 0.6 is 0 Å². The molecule has 0 spiro atoms. The molecule has 4 heteroatoms. The third kappa shape index (κ3) is 2.80. The van der Waals surface area contributed by atoms with Crippen LogP contribution < -0.4 is 0 Å². The van der Waals surface area contributed by atoms with Gasteiger partial charge in [0.1, 0.15) is 5.69 Å². The molecule has 0 N–H and O–H groups in total. The second-order valence-corrected chi connectivity index (χ2v) is 6.40. The number of aryl methyl sites for hydroxylation is 1. The zero-order valence-corrected chi connectivity index (χ0v) is 13.6. The number of nitrogens with zero attached hydrogens (tertiary/aromatic N) is 3. The summed E-state index contributed by atoms with van der Waals surface area (Å²) < 4.78 is 1.74. The number of pyridine rings is 1. The quantitative estimate of drug-likeness (QED) is 0.737. The molecule has 1 saturated heterocycles. The highest BCUT2D eigenvalue weighted by Crippen LogP contribution is 2.24. The van der Waals surface area contributed by atoms with Crippen LogP contribution in [0.5, 0.6) is 0 Å². The van der Waals surface area contributed by atoms with Gasteiger partial charge in [-0.25, -0.2) is 4.52 Å².